The lowest BCUT2D eigenvalue weighted by atomic mass is 10.1. The van der Waals surface area contributed by atoms with Crippen LogP contribution >= 0.6 is 0 Å². The molecule has 31 heavy (non-hydrogen) atoms. The minimum Gasteiger partial charge on any atom is -0.484 e. The predicted octanol–water partition coefficient (Wildman–Crippen LogP) is 2.75. The van der Waals surface area contributed by atoms with Crippen LogP contribution in [0.3, 0.4) is 0 Å². The number of hydrogen-bond acceptors (Lipinski definition) is 4. The van der Waals surface area contributed by atoms with Crippen LogP contribution in [0, 0.1) is 11.6 Å². The number of carbonyl (C=O) groups excluding carboxylic acids is 2. The molecule has 0 bridgehead atoms. The summed E-state index contributed by atoms with van der Waals surface area (Å²) in [5.41, 5.74) is 0.832. The maximum Gasteiger partial charge on any atom is 0.260 e. The molecular formula is C23H27F2N3O3. The van der Waals surface area contributed by atoms with Gasteiger partial charge in [-0.3, -0.25) is 14.5 Å². The highest BCUT2D eigenvalue weighted by Gasteiger charge is 2.28. The summed E-state index contributed by atoms with van der Waals surface area (Å²) in [5, 5.41) is 2.96. The molecule has 1 N–H and O–H groups in total. The lowest BCUT2D eigenvalue weighted by Gasteiger charge is -2.37. The number of nitrogens with one attached hydrogen (secondary N) is 1. The third kappa shape index (κ3) is 6.24. The Morgan fingerprint density at radius 1 is 0.935 bits per heavy atom. The van der Waals surface area contributed by atoms with Gasteiger partial charge in [0.2, 0.25) is 5.91 Å². The average Bonchev–Trinajstić information content (AvgIpc) is 2.78. The smallest absolute Gasteiger partial charge is 0.260 e. The Balaban J connectivity index is 1.43. The monoisotopic (exact) mass is 431 g/mol. The average molecular weight is 431 g/mol. The van der Waals surface area contributed by atoms with E-state index >= 15 is 0 Å². The Kier molecular flexibility index (Phi) is 7.57. The van der Waals surface area contributed by atoms with Crippen molar-refractivity contribution in [2.24, 2.45) is 0 Å². The molecule has 0 spiro atoms. The van der Waals surface area contributed by atoms with Crippen LogP contribution in [0.25, 0.3) is 0 Å². The molecule has 2 amide bonds. The van der Waals surface area contributed by atoms with Crippen LogP contribution in [-0.2, 0) is 9.59 Å². The molecular weight excluding hydrogens is 404 g/mol. The number of halogens is 2. The fraction of sp³-hybridized carbons (Fsp3) is 0.391. The van der Waals surface area contributed by atoms with E-state index in [-0.39, 0.29) is 42.1 Å². The van der Waals surface area contributed by atoms with E-state index in [0.717, 1.165) is 5.56 Å². The Bertz CT molecular complexity index is 882. The lowest BCUT2D eigenvalue weighted by Crippen LogP contribution is -2.55. The molecule has 1 fully saturated rings. The van der Waals surface area contributed by atoms with Crippen LogP contribution in [0.15, 0.2) is 48.5 Å². The van der Waals surface area contributed by atoms with Gasteiger partial charge in [0.1, 0.15) is 17.4 Å². The number of nitrogens with zero attached hydrogens (tertiary/aromatic N) is 2. The van der Waals surface area contributed by atoms with Gasteiger partial charge in [-0.15, -0.1) is 0 Å². The normalized spacial score (nSPS) is 16.5. The molecule has 8 heteroatoms. The van der Waals surface area contributed by atoms with Gasteiger partial charge in [-0.25, -0.2) is 8.78 Å². The highest BCUT2D eigenvalue weighted by molar-refractivity contribution is 5.82. The Labute approximate surface area is 180 Å². The Morgan fingerprint density at radius 3 is 2.06 bits per heavy atom. The summed E-state index contributed by atoms with van der Waals surface area (Å²) in [4.78, 5) is 28.7. The summed E-state index contributed by atoms with van der Waals surface area (Å²) >= 11 is 0. The molecule has 1 aliphatic rings. The van der Waals surface area contributed by atoms with E-state index in [0.29, 0.717) is 31.9 Å². The molecule has 0 aromatic heterocycles. The van der Waals surface area contributed by atoms with Crippen molar-refractivity contribution in [2.45, 2.75) is 25.9 Å². The van der Waals surface area contributed by atoms with Gasteiger partial charge >= 0.3 is 0 Å². The largest absolute Gasteiger partial charge is 0.484 e. The third-order valence-corrected chi connectivity index (χ3v) is 5.50. The van der Waals surface area contributed by atoms with Gasteiger partial charge in [0.25, 0.3) is 5.91 Å². The molecule has 6 nitrogen and oxygen atoms in total. The molecule has 166 valence electrons. The van der Waals surface area contributed by atoms with Gasteiger partial charge in [-0.2, -0.15) is 0 Å². The number of rotatable bonds is 7. The maximum atomic E-state index is 13.1. The second-order valence-corrected chi connectivity index (χ2v) is 7.62. The zero-order chi connectivity index (χ0) is 22.4. The van der Waals surface area contributed by atoms with Gasteiger partial charge in [-0.1, -0.05) is 12.1 Å². The quantitative estimate of drug-likeness (QED) is 0.733. The van der Waals surface area contributed by atoms with E-state index in [1.165, 1.54) is 36.4 Å². The van der Waals surface area contributed by atoms with Gasteiger partial charge in [0, 0.05) is 26.2 Å². The zero-order valence-corrected chi connectivity index (χ0v) is 17.7. The topological polar surface area (TPSA) is 61.9 Å². The van der Waals surface area contributed by atoms with Crippen molar-refractivity contribution < 1.29 is 23.1 Å². The van der Waals surface area contributed by atoms with Crippen molar-refractivity contribution in [3.63, 3.8) is 0 Å². The van der Waals surface area contributed by atoms with Crippen molar-refractivity contribution in [3.05, 3.63) is 65.7 Å². The number of piperazine rings is 1. The molecule has 2 aromatic rings. The van der Waals surface area contributed by atoms with Crippen LogP contribution in [0.1, 0.15) is 25.5 Å². The molecule has 1 aliphatic heterocycles. The van der Waals surface area contributed by atoms with Crippen molar-refractivity contribution >= 4 is 11.8 Å². The van der Waals surface area contributed by atoms with Crippen LogP contribution in [0.2, 0.25) is 0 Å². The van der Waals surface area contributed by atoms with Gasteiger partial charge < -0.3 is 15.0 Å². The number of amides is 2. The van der Waals surface area contributed by atoms with Crippen molar-refractivity contribution in [2.75, 3.05) is 32.8 Å². The van der Waals surface area contributed by atoms with Crippen molar-refractivity contribution in [1.29, 1.82) is 0 Å². The minimum atomic E-state index is -0.361. The summed E-state index contributed by atoms with van der Waals surface area (Å²) in [6.45, 7) is 5.71. The first-order valence-corrected chi connectivity index (χ1v) is 10.3. The van der Waals surface area contributed by atoms with Crippen LogP contribution in [0.4, 0.5) is 8.78 Å². The second-order valence-electron chi connectivity index (χ2n) is 7.62. The van der Waals surface area contributed by atoms with Crippen LogP contribution < -0.4 is 10.1 Å². The SMILES string of the molecule is CC(NC(=O)C(C)N1CCN(C(=O)COc2ccc(F)cc2)CC1)c1ccc(F)cc1. The first kappa shape index (κ1) is 22.7. The first-order valence-electron chi connectivity index (χ1n) is 10.3. The summed E-state index contributed by atoms with van der Waals surface area (Å²) < 4.78 is 31.4. The summed E-state index contributed by atoms with van der Waals surface area (Å²) in [6.07, 6.45) is 0. The maximum absolute atomic E-state index is 13.1. The zero-order valence-electron chi connectivity index (χ0n) is 17.7. The number of ether oxygens (including phenoxy) is 1. The molecule has 2 atom stereocenters. The minimum absolute atomic E-state index is 0.114. The number of benzene rings is 2. The summed E-state index contributed by atoms with van der Waals surface area (Å²) in [7, 11) is 0. The number of hydrogen-bond donors (Lipinski definition) is 1. The fourth-order valence-corrected chi connectivity index (χ4v) is 3.46. The van der Waals surface area contributed by atoms with E-state index in [1.807, 2.05) is 18.7 Å². The summed E-state index contributed by atoms with van der Waals surface area (Å²) in [5.74, 6) is -0.498. The van der Waals surface area contributed by atoms with Crippen molar-refractivity contribution in [3.8, 4) is 5.75 Å². The standard InChI is InChI=1S/C23H27F2N3O3/c1-16(18-3-5-19(24)6-4-18)26-23(30)17(2)27-11-13-28(14-12-27)22(29)15-31-21-9-7-20(25)8-10-21/h3-10,16-17H,11-15H2,1-2H3,(H,26,30). The van der Waals surface area contributed by atoms with Crippen LogP contribution in [0.5, 0.6) is 5.75 Å². The lowest BCUT2D eigenvalue weighted by molar-refractivity contribution is -0.136. The Morgan fingerprint density at radius 2 is 1.48 bits per heavy atom. The highest BCUT2D eigenvalue weighted by atomic mass is 19.1. The molecule has 1 saturated heterocycles. The Hall–Kier alpha value is -3.00. The van der Waals surface area contributed by atoms with Gasteiger partial charge in [0.15, 0.2) is 6.61 Å². The van der Waals surface area contributed by atoms with Gasteiger partial charge in [-0.05, 0) is 55.8 Å². The molecule has 3 rings (SSSR count). The van der Waals surface area contributed by atoms with E-state index in [1.54, 1.807) is 17.0 Å². The summed E-state index contributed by atoms with van der Waals surface area (Å²) in [6, 6.07) is 11.0. The van der Waals surface area contributed by atoms with Crippen molar-refractivity contribution in [1.82, 2.24) is 15.1 Å². The fourth-order valence-electron chi connectivity index (χ4n) is 3.46. The van der Waals surface area contributed by atoms with Gasteiger partial charge in [0.05, 0.1) is 12.1 Å². The molecule has 1 heterocycles. The molecule has 0 saturated carbocycles. The first-order chi connectivity index (χ1) is 14.8. The highest BCUT2D eigenvalue weighted by Crippen LogP contribution is 2.15. The van der Waals surface area contributed by atoms with Crippen LogP contribution in [-0.4, -0.2) is 60.4 Å². The van der Waals surface area contributed by atoms with E-state index in [2.05, 4.69) is 5.32 Å². The number of carbonyl (C=O) groups is 2. The molecule has 0 radical (unpaired) electrons. The molecule has 2 aromatic carbocycles. The predicted molar refractivity (Wildman–Crippen MR) is 112 cm³/mol. The molecule has 0 aliphatic carbocycles. The third-order valence-electron chi connectivity index (χ3n) is 5.50. The molecule has 2 unspecified atom stereocenters. The van der Waals surface area contributed by atoms with E-state index in [9.17, 15) is 18.4 Å². The van der Waals surface area contributed by atoms with E-state index < -0.39 is 0 Å². The second kappa shape index (κ2) is 10.3. The van der Waals surface area contributed by atoms with E-state index in [4.69, 9.17) is 4.74 Å².